The van der Waals surface area contributed by atoms with E-state index in [0.717, 1.165) is 31.3 Å². The standard InChI is InChI=1S/C25H20Br2N2O3/c26-18-13-20(27)24-17(12-23(30)28-19-9-5-2-6-10-19)11-22(29-21(24)14-18)25(31)32-15-16-7-3-1-4-8-16/h1-10,12-14,22,29H,11,15H2,(H,28,30). The van der Waals surface area contributed by atoms with E-state index in [2.05, 4.69) is 42.5 Å². The van der Waals surface area contributed by atoms with Crippen molar-refractivity contribution >= 4 is 60.7 Å². The molecule has 5 nitrogen and oxygen atoms in total. The summed E-state index contributed by atoms with van der Waals surface area (Å²) in [6.45, 7) is 0.195. The van der Waals surface area contributed by atoms with E-state index in [4.69, 9.17) is 4.74 Å². The van der Waals surface area contributed by atoms with Crippen LogP contribution < -0.4 is 10.6 Å². The molecule has 0 aliphatic carbocycles. The van der Waals surface area contributed by atoms with E-state index in [1.165, 1.54) is 0 Å². The molecule has 1 aliphatic rings. The Balaban J connectivity index is 1.57. The topological polar surface area (TPSA) is 67.4 Å². The molecule has 1 aliphatic heterocycles. The zero-order valence-corrected chi connectivity index (χ0v) is 20.1. The maximum atomic E-state index is 12.8. The predicted molar refractivity (Wildman–Crippen MR) is 133 cm³/mol. The van der Waals surface area contributed by atoms with Gasteiger partial charge in [0.25, 0.3) is 0 Å². The highest BCUT2D eigenvalue weighted by molar-refractivity contribution is 9.11. The predicted octanol–water partition coefficient (Wildman–Crippen LogP) is 6.16. The summed E-state index contributed by atoms with van der Waals surface area (Å²) in [7, 11) is 0. The van der Waals surface area contributed by atoms with Crippen LogP contribution >= 0.6 is 31.9 Å². The van der Waals surface area contributed by atoms with Crippen molar-refractivity contribution in [3.05, 3.63) is 98.9 Å². The van der Waals surface area contributed by atoms with Crippen LogP contribution in [-0.4, -0.2) is 17.9 Å². The molecular formula is C25H20Br2N2O3. The van der Waals surface area contributed by atoms with Gasteiger partial charge in [0.1, 0.15) is 12.6 Å². The lowest BCUT2D eigenvalue weighted by molar-refractivity contribution is -0.145. The average Bonchev–Trinajstić information content (AvgIpc) is 2.78. The molecule has 32 heavy (non-hydrogen) atoms. The van der Waals surface area contributed by atoms with E-state index >= 15 is 0 Å². The SMILES string of the molecule is O=C(C=C1CC(C(=O)OCc2ccccc2)Nc2cc(Br)cc(Br)c21)Nc1ccccc1. The maximum absolute atomic E-state index is 12.8. The van der Waals surface area contributed by atoms with Gasteiger partial charge in [0, 0.05) is 38.4 Å². The van der Waals surface area contributed by atoms with E-state index in [-0.39, 0.29) is 18.5 Å². The third-order valence-electron chi connectivity index (χ3n) is 4.98. The second-order valence-electron chi connectivity index (χ2n) is 7.33. The van der Waals surface area contributed by atoms with Crippen LogP contribution in [0.2, 0.25) is 0 Å². The number of ether oxygens (including phenoxy) is 1. The first-order valence-electron chi connectivity index (χ1n) is 10.0. The van der Waals surface area contributed by atoms with Gasteiger partial charge >= 0.3 is 5.97 Å². The molecule has 1 amide bonds. The van der Waals surface area contributed by atoms with E-state index in [0.29, 0.717) is 12.1 Å². The molecular weight excluding hydrogens is 536 g/mol. The average molecular weight is 556 g/mol. The molecule has 0 spiro atoms. The van der Waals surface area contributed by atoms with Gasteiger partial charge < -0.3 is 15.4 Å². The zero-order valence-electron chi connectivity index (χ0n) is 17.0. The third-order valence-corrected chi connectivity index (χ3v) is 6.07. The fourth-order valence-electron chi connectivity index (χ4n) is 3.54. The Labute approximate surface area is 203 Å². The number of carbonyl (C=O) groups excluding carboxylic acids is 2. The minimum Gasteiger partial charge on any atom is -0.459 e. The molecule has 3 aromatic carbocycles. The molecule has 0 radical (unpaired) electrons. The van der Waals surface area contributed by atoms with Crippen molar-refractivity contribution in [1.29, 1.82) is 0 Å². The van der Waals surface area contributed by atoms with Gasteiger partial charge in [-0.1, -0.05) is 80.4 Å². The summed E-state index contributed by atoms with van der Waals surface area (Å²) in [5.74, 6) is -0.629. The highest BCUT2D eigenvalue weighted by atomic mass is 79.9. The highest BCUT2D eigenvalue weighted by Crippen LogP contribution is 2.41. The molecule has 0 bridgehead atoms. The minimum atomic E-state index is -0.608. The highest BCUT2D eigenvalue weighted by Gasteiger charge is 2.30. The Morgan fingerprint density at radius 2 is 1.72 bits per heavy atom. The summed E-state index contributed by atoms with van der Waals surface area (Å²) < 4.78 is 7.21. The van der Waals surface area contributed by atoms with E-state index in [1.807, 2.05) is 72.8 Å². The van der Waals surface area contributed by atoms with Crippen LogP contribution in [0.4, 0.5) is 11.4 Å². The third kappa shape index (κ3) is 5.47. The van der Waals surface area contributed by atoms with Crippen LogP contribution in [0.25, 0.3) is 5.57 Å². The van der Waals surface area contributed by atoms with Gasteiger partial charge in [0.15, 0.2) is 0 Å². The lowest BCUT2D eigenvalue weighted by Crippen LogP contribution is -2.35. The first-order valence-corrected chi connectivity index (χ1v) is 11.6. The van der Waals surface area contributed by atoms with E-state index < -0.39 is 6.04 Å². The molecule has 0 aromatic heterocycles. The molecule has 0 fully saturated rings. The van der Waals surface area contributed by atoms with Gasteiger partial charge in [-0.25, -0.2) is 4.79 Å². The summed E-state index contributed by atoms with van der Waals surface area (Å²) in [6.07, 6.45) is 1.87. The van der Waals surface area contributed by atoms with Crippen molar-refractivity contribution in [1.82, 2.24) is 0 Å². The van der Waals surface area contributed by atoms with Crippen LogP contribution in [0.1, 0.15) is 17.5 Å². The Bertz CT molecular complexity index is 1160. The molecule has 0 saturated carbocycles. The monoisotopic (exact) mass is 554 g/mol. The maximum Gasteiger partial charge on any atom is 0.329 e. The van der Waals surface area contributed by atoms with Crippen LogP contribution in [0.15, 0.2) is 87.8 Å². The summed E-state index contributed by atoms with van der Waals surface area (Å²) >= 11 is 7.08. The van der Waals surface area contributed by atoms with Crippen LogP contribution in [-0.2, 0) is 20.9 Å². The molecule has 2 N–H and O–H groups in total. The number of halogens is 2. The Hall–Kier alpha value is -2.90. The lowest BCUT2D eigenvalue weighted by atomic mass is 9.92. The quantitative estimate of drug-likeness (QED) is 0.292. The summed E-state index contributed by atoms with van der Waals surface area (Å²) in [4.78, 5) is 25.5. The van der Waals surface area contributed by atoms with Gasteiger partial charge in [0.2, 0.25) is 5.91 Å². The smallest absolute Gasteiger partial charge is 0.329 e. The number of carbonyl (C=O) groups is 2. The fraction of sp³-hybridized carbons (Fsp3) is 0.120. The normalized spacial score (nSPS) is 16.1. The van der Waals surface area contributed by atoms with Crippen LogP contribution in [0, 0.1) is 0 Å². The number of hydrogen-bond acceptors (Lipinski definition) is 4. The molecule has 1 atom stereocenters. The van der Waals surface area contributed by atoms with Gasteiger partial charge in [-0.3, -0.25) is 4.79 Å². The zero-order chi connectivity index (χ0) is 22.5. The lowest BCUT2D eigenvalue weighted by Gasteiger charge is -2.29. The van der Waals surface area contributed by atoms with E-state index in [9.17, 15) is 9.59 Å². The number of para-hydroxylation sites is 1. The molecule has 1 unspecified atom stereocenters. The number of esters is 1. The van der Waals surface area contributed by atoms with Crippen molar-refractivity contribution in [2.45, 2.75) is 19.1 Å². The molecule has 7 heteroatoms. The molecule has 3 aromatic rings. The Morgan fingerprint density at radius 3 is 2.44 bits per heavy atom. The van der Waals surface area contributed by atoms with Crippen molar-refractivity contribution in [2.24, 2.45) is 0 Å². The van der Waals surface area contributed by atoms with E-state index in [1.54, 1.807) is 6.08 Å². The largest absolute Gasteiger partial charge is 0.459 e. The number of anilines is 2. The molecule has 1 heterocycles. The first kappa shape index (κ1) is 22.3. The molecule has 0 saturated heterocycles. The summed E-state index contributed by atoms with van der Waals surface area (Å²) in [6, 6.07) is 22.0. The van der Waals surface area contributed by atoms with Gasteiger partial charge in [-0.05, 0) is 35.4 Å². The summed E-state index contributed by atoms with van der Waals surface area (Å²) in [5, 5.41) is 6.13. The Morgan fingerprint density at radius 1 is 1.03 bits per heavy atom. The number of amides is 1. The van der Waals surface area contributed by atoms with Crippen LogP contribution in [0.5, 0.6) is 0 Å². The number of hydrogen-bond donors (Lipinski definition) is 2. The van der Waals surface area contributed by atoms with Gasteiger partial charge in [-0.2, -0.15) is 0 Å². The Kier molecular flexibility index (Phi) is 7.07. The number of benzene rings is 3. The number of fused-ring (bicyclic) bond motifs is 1. The molecule has 4 rings (SSSR count). The molecule has 162 valence electrons. The number of rotatable bonds is 5. The van der Waals surface area contributed by atoms with Crippen molar-refractivity contribution in [2.75, 3.05) is 10.6 Å². The fourth-order valence-corrected chi connectivity index (χ4v) is 5.02. The second-order valence-corrected chi connectivity index (χ2v) is 9.10. The van der Waals surface area contributed by atoms with Crippen molar-refractivity contribution < 1.29 is 14.3 Å². The summed E-state index contributed by atoms with van der Waals surface area (Å²) in [5.41, 5.74) is 3.97. The first-order chi connectivity index (χ1) is 15.5. The second kappa shape index (κ2) is 10.1. The van der Waals surface area contributed by atoms with Crippen LogP contribution in [0.3, 0.4) is 0 Å². The van der Waals surface area contributed by atoms with Crippen molar-refractivity contribution in [3.63, 3.8) is 0 Å². The van der Waals surface area contributed by atoms with Gasteiger partial charge in [-0.15, -0.1) is 0 Å². The number of nitrogens with one attached hydrogen (secondary N) is 2. The van der Waals surface area contributed by atoms with Gasteiger partial charge in [0.05, 0.1) is 0 Å². The minimum absolute atomic E-state index is 0.195. The van der Waals surface area contributed by atoms with Crippen molar-refractivity contribution in [3.8, 4) is 0 Å².